The van der Waals surface area contributed by atoms with Gasteiger partial charge in [-0.3, -0.25) is 0 Å². The molecule has 0 aromatic heterocycles. The summed E-state index contributed by atoms with van der Waals surface area (Å²) in [7, 11) is -0.0988. The van der Waals surface area contributed by atoms with E-state index in [0.29, 0.717) is 5.16 Å². The predicted molar refractivity (Wildman–Crippen MR) is 97.1 cm³/mol. The summed E-state index contributed by atoms with van der Waals surface area (Å²) in [5.41, 5.74) is 1.49. The fraction of sp³-hybridized carbons (Fsp3) is 0.500. The van der Waals surface area contributed by atoms with Gasteiger partial charge in [0.2, 0.25) is 0 Å². The van der Waals surface area contributed by atoms with Crippen LogP contribution in [0.1, 0.15) is 52.0 Å². The van der Waals surface area contributed by atoms with Crippen molar-refractivity contribution in [3.63, 3.8) is 0 Å². The number of rotatable bonds is 7. The van der Waals surface area contributed by atoms with Crippen molar-refractivity contribution in [2.45, 2.75) is 57.8 Å². The summed E-state index contributed by atoms with van der Waals surface area (Å²) in [5, 5.41) is 0.469. The Morgan fingerprint density at radius 2 is 1.86 bits per heavy atom. The molecule has 1 heteroatoms. The molecule has 1 aromatic rings. The van der Waals surface area contributed by atoms with E-state index in [4.69, 9.17) is 0 Å². The van der Waals surface area contributed by atoms with Gasteiger partial charge in [0.05, 0.1) is 0 Å². The van der Waals surface area contributed by atoms with Gasteiger partial charge < -0.3 is 0 Å². The summed E-state index contributed by atoms with van der Waals surface area (Å²) in [4.78, 5) is 0. The van der Waals surface area contributed by atoms with Gasteiger partial charge in [0, 0.05) is 0 Å². The Kier molecular flexibility index (Phi) is 6.24. The van der Waals surface area contributed by atoms with E-state index in [-0.39, 0.29) is 7.92 Å². The van der Waals surface area contributed by atoms with Crippen molar-refractivity contribution >= 4 is 7.92 Å². The zero-order valence-corrected chi connectivity index (χ0v) is 14.7. The van der Waals surface area contributed by atoms with Gasteiger partial charge in [-0.1, -0.05) is 89.5 Å². The van der Waals surface area contributed by atoms with E-state index in [9.17, 15) is 0 Å². The van der Waals surface area contributed by atoms with Crippen molar-refractivity contribution in [1.82, 2.24) is 0 Å². The van der Waals surface area contributed by atoms with Crippen LogP contribution in [0.4, 0.5) is 0 Å². The summed E-state index contributed by atoms with van der Waals surface area (Å²) in [6.45, 7) is 7.12. The SMILES string of the molecule is CCC(C)C/C=C\P(Cc1ccccc1)C1(C)CC=CC1. The normalized spacial score (nSPS) is 20.0. The van der Waals surface area contributed by atoms with E-state index in [2.05, 4.69) is 75.1 Å². The van der Waals surface area contributed by atoms with E-state index in [1.807, 2.05) is 0 Å². The number of hydrogen-bond acceptors (Lipinski definition) is 0. The lowest BCUT2D eigenvalue weighted by Gasteiger charge is -2.33. The highest BCUT2D eigenvalue weighted by molar-refractivity contribution is 7.61. The highest BCUT2D eigenvalue weighted by Gasteiger charge is 2.32. The Labute approximate surface area is 132 Å². The molecule has 114 valence electrons. The first-order valence-electron chi connectivity index (χ1n) is 8.26. The predicted octanol–water partition coefficient (Wildman–Crippen LogP) is 6.73. The lowest BCUT2D eigenvalue weighted by Crippen LogP contribution is -2.17. The molecule has 0 fully saturated rings. The molecule has 2 unspecified atom stereocenters. The molecule has 21 heavy (non-hydrogen) atoms. The minimum Gasteiger partial charge on any atom is -0.0876 e. The molecule has 0 radical (unpaired) electrons. The summed E-state index contributed by atoms with van der Waals surface area (Å²) in [5.74, 6) is 3.38. The van der Waals surface area contributed by atoms with Gasteiger partial charge in [-0.25, -0.2) is 0 Å². The van der Waals surface area contributed by atoms with Crippen molar-refractivity contribution in [1.29, 1.82) is 0 Å². The van der Waals surface area contributed by atoms with Crippen molar-refractivity contribution in [2.24, 2.45) is 5.92 Å². The van der Waals surface area contributed by atoms with Crippen LogP contribution in [0.15, 0.2) is 54.4 Å². The maximum Gasteiger partial charge on any atom is -0.00165 e. The van der Waals surface area contributed by atoms with Crippen LogP contribution in [-0.2, 0) is 6.16 Å². The second-order valence-corrected chi connectivity index (χ2v) is 9.26. The van der Waals surface area contributed by atoms with Crippen molar-refractivity contribution < 1.29 is 0 Å². The van der Waals surface area contributed by atoms with Gasteiger partial charge in [-0.15, -0.1) is 0 Å². The average Bonchev–Trinajstić information content (AvgIpc) is 2.95. The highest BCUT2D eigenvalue weighted by atomic mass is 31.1. The van der Waals surface area contributed by atoms with Crippen LogP contribution in [0.2, 0.25) is 0 Å². The monoisotopic (exact) mass is 300 g/mol. The van der Waals surface area contributed by atoms with Crippen LogP contribution in [-0.4, -0.2) is 5.16 Å². The summed E-state index contributed by atoms with van der Waals surface area (Å²) in [6.07, 6.45) is 13.5. The van der Waals surface area contributed by atoms with Gasteiger partial charge >= 0.3 is 0 Å². The second-order valence-electron chi connectivity index (χ2n) is 6.62. The number of benzene rings is 1. The average molecular weight is 300 g/mol. The van der Waals surface area contributed by atoms with Crippen molar-refractivity contribution in [3.05, 3.63) is 59.9 Å². The quantitative estimate of drug-likeness (QED) is 0.387. The first-order valence-corrected chi connectivity index (χ1v) is 9.86. The molecule has 0 amide bonds. The molecule has 0 bridgehead atoms. The number of hydrogen-bond donors (Lipinski definition) is 0. The third kappa shape index (κ3) is 4.82. The highest BCUT2D eigenvalue weighted by Crippen LogP contribution is 2.59. The third-order valence-corrected chi connectivity index (χ3v) is 7.72. The van der Waals surface area contributed by atoms with Crippen LogP contribution in [0.5, 0.6) is 0 Å². The molecule has 2 atom stereocenters. The molecule has 1 aromatic carbocycles. The van der Waals surface area contributed by atoms with Gasteiger partial charge in [-0.05, 0) is 42.1 Å². The van der Waals surface area contributed by atoms with Gasteiger partial charge in [0.25, 0.3) is 0 Å². The number of allylic oxidation sites excluding steroid dienone is 3. The Balaban J connectivity index is 2.07. The zero-order chi connectivity index (χ0) is 15.1. The molecule has 1 aliphatic carbocycles. The summed E-state index contributed by atoms with van der Waals surface area (Å²) < 4.78 is 0. The van der Waals surface area contributed by atoms with Crippen LogP contribution in [0, 0.1) is 5.92 Å². The first kappa shape index (κ1) is 16.5. The van der Waals surface area contributed by atoms with Crippen LogP contribution in [0.25, 0.3) is 0 Å². The van der Waals surface area contributed by atoms with Gasteiger partial charge in [0.1, 0.15) is 0 Å². The minimum atomic E-state index is -0.0988. The Morgan fingerprint density at radius 1 is 1.19 bits per heavy atom. The Bertz CT molecular complexity index is 464. The molecule has 2 rings (SSSR count). The fourth-order valence-corrected chi connectivity index (χ4v) is 5.29. The topological polar surface area (TPSA) is 0 Å². The molecule has 1 aliphatic rings. The van der Waals surface area contributed by atoms with E-state index in [0.717, 1.165) is 5.92 Å². The third-order valence-electron chi connectivity index (χ3n) is 4.69. The molecule has 0 heterocycles. The van der Waals surface area contributed by atoms with E-state index in [1.165, 1.54) is 37.4 Å². The molecule has 0 N–H and O–H groups in total. The van der Waals surface area contributed by atoms with Crippen LogP contribution >= 0.6 is 7.92 Å². The van der Waals surface area contributed by atoms with Crippen molar-refractivity contribution in [3.8, 4) is 0 Å². The van der Waals surface area contributed by atoms with Crippen LogP contribution in [0.3, 0.4) is 0 Å². The van der Waals surface area contributed by atoms with E-state index < -0.39 is 0 Å². The van der Waals surface area contributed by atoms with E-state index in [1.54, 1.807) is 0 Å². The smallest absolute Gasteiger partial charge is 0.00165 e. The largest absolute Gasteiger partial charge is 0.0876 e. The van der Waals surface area contributed by atoms with Gasteiger partial charge in [-0.2, -0.15) is 0 Å². The van der Waals surface area contributed by atoms with Crippen LogP contribution < -0.4 is 0 Å². The molecule has 0 nitrogen and oxygen atoms in total. The Morgan fingerprint density at radius 3 is 2.48 bits per heavy atom. The molecule has 0 spiro atoms. The standard InChI is InChI=1S/C20H29P/c1-4-18(2)11-10-16-21(20(3)14-8-9-15-20)17-19-12-6-5-7-13-19/h5-10,12-13,16,18H,4,11,14-15,17H2,1-3H3/b16-10-. The fourth-order valence-electron chi connectivity index (χ4n) is 2.78. The van der Waals surface area contributed by atoms with Gasteiger partial charge in [0.15, 0.2) is 0 Å². The molecular weight excluding hydrogens is 271 g/mol. The minimum absolute atomic E-state index is 0.0988. The van der Waals surface area contributed by atoms with Crippen molar-refractivity contribution in [2.75, 3.05) is 0 Å². The summed E-state index contributed by atoms with van der Waals surface area (Å²) >= 11 is 0. The molecule has 0 aliphatic heterocycles. The Hall–Kier alpha value is -0.870. The maximum atomic E-state index is 2.57. The first-order chi connectivity index (χ1) is 10.1. The summed E-state index contributed by atoms with van der Waals surface area (Å²) in [6, 6.07) is 11.0. The molecular formula is C20H29P. The lowest BCUT2D eigenvalue weighted by atomic mass is 10.1. The maximum absolute atomic E-state index is 2.57. The molecule has 0 saturated carbocycles. The van der Waals surface area contributed by atoms with E-state index >= 15 is 0 Å². The zero-order valence-electron chi connectivity index (χ0n) is 13.8. The lowest BCUT2D eigenvalue weighted by molar-refractivity contribution is 0.572. The molecule has 0 saturated heterocycles. The second kappa shape index (κ2) is 7.95.